The molecule has 0 aliphatic rings. The summed E-state index contributed by atoms with van der Waals surface area (Å²) in [5, 5.41) is 17.4. The molecule has 144 valence electrons. The van der Waals surface area contributed by atoms with Crippen LogP contribution in [0.25, 0.3) is 5.69 Å². The molecule has 29 heavy (non-hydrogen) atoms. The van der Waals surface area contributed by atoms with E-state index in [0.29, 0.717) is 17.1 Å². The molecule has 0 fully saturated rings. The normalized spacial score (nSPS) is 10.5. The van der Waals surface area contributed by atoms with E-state index in [1.54, 1.807) is 48.7 Å². The highest BCUT2D eigenvalue weighted by Gasteiger charge is 2.20. The van der Waals surface area contributed by atoms with Gasteiger partial charge in [-0.2, -0.15) is 20.1 Å². The number of ether oxygens (including phenoxy) is 1. The van der Waals surface area contributed by atoms with Crippen molar-refractivity contribution in [2.75, 3.05) is 7.11 Å². The van der Waals surface area contributed by atoms with Crippen molar-refractivity contribution in [1.82, 2.24) is 20.2 Å². The molecule has 1 N–H and O–H groups in total. The van der Waals surface area contributed by atoms with E-state index in [-0.39, 0.29) is 16.8 Å². The van der Waals surface area contributed by atoms with Gasteiger partial charge in [0.15, 0.2) is 5.69 Å². The minimum Gasteiger partial charge on any atom is -0.497 e. The van der Waals surface area contributed by atoms with Gasteiger partial charge in [-0.3, -0.25) is 14.6 Å². The van der Waals surface area contributed by atoms with Crippen molar-refractivity contribution < 1.29 is 9.53 Å². The maximum absolute atomic E-state index is 12.6. The van der Waals surface area contributed by atoms with E-state index in [1.165, 1.54) is 20.2 Å². The molecule has 3 aromatic rings. The molecule has 0 saturated heterocycles. The quantitative estimate of drug-likeness (QED) is 0.523. The predicted octanol–water partition coefficient (Wildman–Crippen LogP) is 1.58. The first-order chi connectivity index (χ1) is 14.0. The number of nitrogens with one attached hydrogen (secondary N) is 1. The summed E-state index contributed by atoms with van der Waals surface area (Å²) in [5.74, 6) is -0.0651. The molecule has 1 amide bonds. The van der Waals surface area contributed by atoms with E-state index < -0.39 is 11.5 Å². The number of benzene rings is 1. The van der Waals surface area contributed by atoms with Crippen LogP contribution in [0.5, 0.6) is 5.75 Å². The van der Waals surface area contributed by atoms with Crippen molar-refractivity contribution in [3.8, 4) is 17.5 Å². The minimum atomic E-state index is -0.659. The highest BCUT2D eigenvalue weighted by molar-refractivity contribution is 5.94. The van der Waals surface area contributed by atoms with Gasteiger partial charge in [0.2, 0.25) is 0 Å². The molecule has 2 heterocycles. The Hall–Kier alpha value is -4.32. The Labute approximate surface area is 165 Å². The van der Waals surface area contributed by atoms with Gasteiger partial charge in [0.25, 0.3) is 11.5 Å². The van der Waals surface area contributed by atoms with E-state index in [0.717, 1.165) is 4.68 Å². The van der Waals surface area contributed by atoms with Gasteiger partial charge in [0.1, 0.15) is 17.4 Å². The van der Waals surface area contributed by atoms with E-state index >= 15 is 0 Å². The molecule has 0 aliphatic heterocycles. The van der Waals surface area contributed by atoms with Gasteiger partial charge < -0.3 is 4.74 Å². The zero-order valence-corrected chi connectivity index (χ0v) is 15.7. The number of carbonyl (C=O) groups excluding carboxylic acids is 1. The summed E-state index contributed by atoms with van der Waals surface area (Å²) in [4.78, 5) is 29.3. The SMILES string of the molecule is COc1ccc(-n2nc(C(=O)N/N=C\c3ccccn3)c(C)c(C#N)c2=O)cc1. The third-order valence-electron chi connectivity index (χ3n) is 4.03. The van der Waals surface area contributed by atoms with Crippen LogP contribution in [-0.2, 0) is 0 Å². The molecule has 0 unspecified atom stereocenters. The average Bonchev–Trinajstić information content (AvgIpc) is 2.75. The Kier molecular flexibility index (Phi) is 5.75. The first-order valence-corrected chi connectivity index (χ1v) is 8.48. The van der Waals surface area contributed by atoms with Gasteiger partial charge in [-0.05, 0) is 43.3 Å². The van der Waals surface area contributed by atoms with Crippen LogP contribution >= 0.6 is 0 Å². The number of amides is 1. The van der Waals surface area contributed by atoms with Gasteiger partial charge in [-0.25, -0.2) is 5.43 Å². The van der Waals surface area contributed by atoms with Gasteiger partial charge >= 0.3 is 0 Å². The smallest absolute Gasteiger partial charge is 0.292 e. The minimum absolute atomic E-state index is 0.0878. The Morgan fingerprint density at radius 1 is 1.28 bits per heavy atom. The average molecular weight is 388 g/mol. The van der Waals surface area contributed by atoms with Crippen LogP contribution in [0.2, 0.25) is 0 Å². The second-order valence-electron chi connectivity index (χ2n) is 5.83. The van der Waals surface area contributed by atoms with Gasteiger partial charge in [0, 0.05) is 11.8 Å². The number of pyridine rings is 1. The fraction of sp³-hybridized carbons (Fsp3) is 0.100. The highest BCUT2D eigenvalue weighted by Crippen LogP contribution is 2.15. The molecule has 9 nitrogen and oxygen atoms in total. The van der Waals surface area contributed by atoms with Crippen LogP contribution in [0.1, 0.15) is 27.3 Å². The van der Waals surface area contributed by atoms with Crippen molar-refractivity contribution in [2.24, 2.45) is 5.10 Å². The first-order valence-electron chi connectivity index (χ1n) is 8.48. The lowest BCUT2D eigenvalue weighted by molar-refractivity contribution is 0.0947. The number of hydrogen-bond acceptors (Lipinski definition) is 7. The Morgan fingerprint density at radius 2 is 2.03 bits per heavy atom. The molecule has 1 aromatic carbocycles. The zero-order valence-electron chi connectivity index (χ0n) is 15.7. The van der Waals surface area contributed by atoms with Crippen LogP contribution in [0.3, 0.4) is 0 Å². The van der Waals surface area contributed by atoms with Crippen LogP contribution in [0.4, 0.5) is 0 Å². The highest BCUT2D eigenvalue weighted by atomic mass is 16.5. The fourth-order valence-corrected chi connectivity index (χ4v) is 2.51. The van der Waals surface area contributed by atoms with E-state index in [4.69, 9.17) is 4.74 Å². The van der Waals surface area contributed by atoms with Crippen molar-refractivity contribution in [3.63, 3.8) is 0 Å². The maximum Gasteiger partial charge on any atom is 0.292 e. The van der Waals surface area contributed by atoms with E-state index in [9.17, 15) is 14.9 Å². The Balaban J connectivity index is 1.97. The number of hydrazone groups is 1. The summed E-state index contributed by atoms with van der Waals surface area (Å²) in [6.45, 7) is 1.49. The topological polar surface area (TPSA) is 122 Å². The molecular formula is C20H16N6O3. The molecular weight excluding hydrogens is 372 g/mol. The number of carbonyl (C=O) groups is 1. The lowest BCUT2D eigenvalue weighted by Crippen LogP contribution is -2.31. The lowest BCUT2D eigenvalue weighted by atomic mass is 10.1. The van der Waals surface area contributed by atoms with Crippen molar-refractivity contribution >= 4 is 12.1 Å². The largest absolute Gasteiger partial charge is 0.497 e. The standard InChI is InChI=1S/C20H16N6O3/c1-13-17(11-21)20(28)26(15-6-8-16(29-2)9-7-15)25-18(13)19(27)24-23-12-14-5-3-4-10-22-14/h3-10,12H,1-2H3,(H,24,27)/b23-12-. The monoisotopic (exact) mass is 388 g/mol. The molecule has 0 bridgehead atoms. The molecule has 2 aromatic heterocycles. The van der Waals surface area contributed by atoms with Crippen molar-refractivity contribution in [2.45, 2.75) is 6.92 Å². The first kappa shape index (κ1) is 19.4. The maximum atomic E-state index is 12.6. The molecule has 0 radical (unpaired) electrons. The van der Waals surface area contributed by atoms with Gasteiger partial charge in [-0.15, -0.1) is 0 Å². The Morgan fingerprint density at radius 3 is 2.66 bits per heavy atom. The summed E-state index contributed by atoms with van der Waals surface area (Å²) in [6.07, 6.45) is 2.97. The number of nitrogens with zero attached hydrogens (tertiary/aromatic N) is 5. The lowest BCUT2D eigenvalue weighted by Gasteiger charge is -2.11. The molecule has 0 aliphatic carbocycles. The van der Waals surface area contributed by atoms with Crippen molar-refractivity contribution in [1.29, 1.82) is 5.26 Å². The number of hydrogen-bond donors (Lipinski definition) is 1. The molecule has 0 spiro atoms. The summed E-state index contributed by atoms with van der Waals surface area (Å²) in [7, 11) is 1.52. The molecule has 0 atom stereocenters. The van der Waals surface area contributed by atoms with Crippen LogP contribution < -0.4 is 15.7 Å². The second kappa shape index (κ2) is 8.58. The predicted molar refractivity (Wildman–Crippen MR) is 105 cm³/mol. The summed E-state index contributed by atoms with van der Waals surface area (Å²) in [5.41, 5.74) is 2.57. The fourth-order valence-electron chi connectivity index (χ4n) is 2.51. The summed E-state index contributed by atoms with van der Waals surface area (Å²) < 4.78 is 6.10. The Bertz CT molecular complexity index is 1160. The number of nitriles is 1. The zero-order chi connectivity index (χ0) is 20.8. The third-order valence-corrected chi connectivity index (χ3v) is 4.03. The van der Waals surface area contributed by atoms with E-state index in [1.807, 2.05) is 6.07 Å². The summed E-state index contributed by atoms with van der Waals surface area (Å²) >= 11 is 0. The molecule has 3 rings (SSSR count). The van der Waals surface area contributed by atoms with Gasteiger partial charge in [0.05, 0.1) is 24.7 Å². The van der Waals surface area contributed by atoms with Crippen molar-refractivity contribution in [3.05, 3.63) is 81.5 Å². The second-order valence-corrected chi connectivity index (χ2v) is 5.83. The number of methoxy groups -OCH3 is 1. The van der Waals surface area contributed by atoms with Crippen LogP contribution in [0.15, 0.2) is 58.6 Å². The molecule has 0 saturated carbocycles. The summed E-state index contributed by atoms with van der Waals surface area (Å²) in [6, 6.07) is 13.6. The van der Waals surface area contributed by atoms with Crippen LogP contribution in [0, 0.1) is 18.3 Å². The van der Waals surface area contributed by atoms with Crippen LogP contribution in [-0.4, -0.2) is 34.0 Å². The number of rotatable bonds is 5. The third kappa shape index (κ3) is 4.17. The number of aromatic nitrogens is 3. The molecule has 9 heteroatoms. The van der Waals surface area contributed by atoms with E-state index in [2.05, 4.69) is 20.6 Å². The van der Waals surface area contributed by atoms with Gasteiger partial charge in [-0.1, -0.05) is 6.07 Å².